The van der Waals surface area contributed by atoms with Crippen molar-refractivity contribution in [2.75, 3.05) is 0 Å². The van der Waals surface area contributed by atoms with Crippen molar-refractivity contribution in [3.63, 3.8) is 0 Å². The van der Waals surface area contributed by atoms with E-state index in [1.165, 1.54) is 31.4 Å². The lowest BCUT2D eigenvalue weighted by Crippen LogP contribution is -2.29. The second-order valence-corrected chi connectivity index (χ2v) is 7.69. The van der Waals surface area contributed by atoms with Crippen LogP contribution in [0.4, 0.5) is 0 Å². The van der Waals surface area contributed by atoms with Gasteiger partial charge in [-0.15, -0.1) is 0 Å². The van der Waals surface area contributed by atoms with Crippen molar-refractivity contribution < 1.29 is 4.79 Å². The largest absolute Gasteiger partial charge is 0.347 e. The standard InChI is InChI=1S/C17H23NO/c1-17(2)9-14-13(15(19)10-17)7-8-18(14)16(11-3-4-11)12-5-6-12/h7-8,11-12,16H,3-6,9-10H2,1-2H3. The Bertz CT molecular complexity index is 519. The second kappa shape index (κ2) is 3.74. The maximum atomic E-state index is 12.3. The summed E-state index contributed by atoms with van der Waals surface area (Å²) in [6.07, 6.45) is 9.57. The minimum atomic E-state index is 0.137. The van der Waals surface area contributed by atoms with E-state index < -0.39 is 0 Å². The highest BCUT2D eigenvalue weighted by Gasteiger charge is 2.44. The number of ketones is 1. The molecule has 0 aromatic carbocycles. The van der Waals surface area contributed by atoms with Crippen LogP contribution in [0.5, 0.6) is 0 Å². The summed E-state index contributed by atoms with van der Waals surface area (Å²) in [5.41, 5.74) is 2.49. The number of nitrogens with zero attached hydrogens (tertiary/aromatic N) is 1. The normalized spacial score (nSPS) is 25.7. The predicted octanol–water partition coefficient (Wildman–Crippen LogP) is 4.00. The Morgan fingerprint density at radius 2 is 1.79 bits per heavy atom. The Kier molecular flexibility index (Phi) is 2.31. The summed E-state index contributed by atoms with van der Waals surface area (Å²) in [5, 5.41) is 0. The molecule has 102 valence electrons. The van der Waals surface area contributed by atoms with Gasteiger partial charge in [0, 0.05) is 29.9 Å². The molecule has 0 bridgehead atoms. The summed E-state index contributed by atoms with van der Waals surface area (Å²) in [4.78, 5) is 12.3. The monoisotopic (exact) mass is 257 g/mol. The van der Waals surface area contributed by atoms with Crippen molar-refractivity contribution in [2.45, 2.75) is 58.4 Å². The quantitative estimate of drug-likeness (QED) is 0.802. The van der Waals surface area contributed by atoms with Gasteiger partial charge in [-0.3, -0.25) is 4.79 Å². The zero-order chi connectivity index (χ0) is 13.2. The molecule has 0 saturated heterocycles. The highest BCUT2D eigenvalue weighted by molar-refractivity contribution is 5.98. The molecular weight excluding hydrogens is 234 g/mol. The third-order valence-corrected chi connectivity index (χ3v) is 5.14. The summed E-state index contributed by atoms with van der Waals surface area (Å²) in [6, 6.07) is 2.79. The van der Waals surface area contributed by atoms with Crippen LogP contribution in [0.25, 0.3) is 0 Å². The minimum absolute atomic E-state index is 0.137. The third-order valence-electron chi connectivity index (χ3n) is 5.14. The fraction of sp³-hybridized carbons (Fsp3) is 0.706. The number of rotatable bonds is 3. The first-order chi connectivity index (χ1) is 9.05. The maximum absolute atomic E-state index is 12.3. The number of carbonyl (C=O) groups is 1. The molecule has 4 rings (SSSR count). The van der Waals surface area contributed by atoms with Gasteiger partial charge >= 0.3 is 0 Å². The van der Waals surface area contributed by atoms with Crippen LogP contribution < -0.4 is 0 Å². The van der Waals surface area contributed by atoms with Crippen LogP contribution in [-0.4, -0.2) is 10.4 Å². The Labute approximate surface area is 115 Å². The van der Waals surface area contributed by atoms with Gasteiger partial charge in [0.05, 0.1) is 0 Å². The Morgan fingerprint density at radius 1 is 1.16 bits per heavy atom. The molecule has 1 aromatic rings. The molecular formula is C17H23NO. The topological polar surface area (TPSA) is 22.0 Å². The second-order valence-electron chi connectivity index (χ2n) is 7.69. The van der Waals surface area contributed by atoms with E-state index in [0.717, 1.165) is 23.8 Å². The molecule has 2 heteroatoms. The van der Waals surface area contributed by atoms with Crippen LogP contribution in [0, 0.1) is 17.3 Å². The highest BCUT2D eigenvalue weighted by Crippen LogP contribution is 2.53. The van der Waals surface area contributed by atoms with E-state index in [2.05, 4.69) is 30.7 Å². The van der Waals surface area contributed by atoms with Crippen molar-refractivity contribution in [3.05, 3.63) is 23.5 Å². The average Bonchev–Trinajstić information content (AvgIpc) is 3.19. The SMILES string of the molecule is CC1(C)CC(=O)c2ccn(C(C3CC3)C3CC3)c2C1. The number of Topliss-reactive ketones (excluding diaryl/α,β-unsaturated/α-hetero) is 1. The Hall–Kier alpha value is -1.05. The molecule has 2 nitrogen and oxygen atoms in total. The summed E-state index contributed by atoms with van der Waals surface area (Å²) < 4.78 is 2.50. The van der Waals surface area contributed by atoms with Gasteiger partial charge in [0.25, 0.3) is 0 Å². The first-order valence-corrected chi connectivity index (χ1v) is 7.78. The van der Waals surface area contributed by atoms with E-state index in [-0.39, 0.29) is 5.41 Å². The van der Waals surface area contributed by atoms with Gasteiger partial charge in [-0.05, 0) is 55.4 Å². The minimum Gasteiger partial charge on any atom is -0.347 e. The smallest absolute Gasteiger partial charge is 0.165 e. The molecule has 0 spiro atoms. The lowest BCUT2D eigenvalue weighted by Gasteiger charge is -2.32. The molecule has 0 unspecified atom stereocenters. The highest BCUT2D eigenvalue weighted by atomic mass is 16.1. The van der Waals surface area contributed by atoms with Crippen molar-refractivity contribution in [1.82, 2.24) is 4.57 Å². The number of aromatic nitrogens is 1. The van der Waals surface area contributed by atoms with E-state index in [1.807, 2.05) is 0 Å². The van der Waals surface area contributed by atoms with Gasteiger partial charge in [-0.1, -0.05) is 13.8 Å². The molecule has 0 atom stereocenters. The average molecular weight is 257 g/mol. The van der Waals surface area contributed by atoms with Crippen LogP contribution in [0.2, 0.25) is 0 Å². The third kappa shape index (κ3) is 1.96. The lowest BCUT2D eigenvalue weighted by molar-refractivity contribution is 0.0908. The molecule has 2 saturated carbocycles. The number of carbonyl (C=O) groups excluding carboxylic acids is 1. The van der Waals surface area contributed by atoms with Gasteiger partial charge in [0.2, 0.25) is 0 Å². The zero-order valence-electron chi connectivity index (χ0n) is 12.0. The molecule has 3 aliphatic rings. The Morgan fingerprint density at radius 3 is 2.37 bits per heavy atom. The van der Waals surface area contributed by atoms with E-state index in [0.29, 0.717) is 18.2 Å². The summed E-state index contributed by atoms with van der Waals surface area (Å²) >= 11 is 0. The van der Waals surface area contributed by atoms with Gasteiger partial charge in [-0.25, -0.2) is 0 Å². The molecule has 2 fully saturated rings. The van der Waals surface area contributed by atoms with E-state index in [9.17, 15) is 4.79 Å². The van der Waals surface area contributed by atoms with E-state index in [4.69, 9.17) is 0 Å². The van der Waals surface area contributed by atoms with Gasteiger partial charge in [0.15, 0.2) is 5.78 Å². The number of fused-ring (bicyclic) bond motifs is 1. The Balaban J connectivity index is 1.75. The van der Waals surface area contributed by atoms with Gasteiger partial charge in [0.1, 0.15) is 0 Å². The lowest BCUT2D eigenvalue weighted by atomic mass is 9.76. The van der Waals surface area contributed by atoms with E-state index in [1.54, 1.807) is 0 Å². The molecule has 19 heavy (non-hydrogen) atoms. The zero-order valence-corrected chi connectivity index (χ0v) is 12.0. The molecule has 0 aliphatic heterocycles. The molecule has 1 aromatic heterocycles. The van der Waals surface area contributed by atoms with Crippen molar-refractivity contribution in [2.24, 2.45) is 17.3 Å². The molecule has 0 N–H and O–H groups in total. The van der Waals surface area contributed by atoms with Gasteiger partial charge in [-0.2, -0.15) is 0 Å². The van der Waals surface area contributed by atoms with Crippen molar-refractivity contribution in [3.8, 4) is 0 Å². The number of hydrogen-bond acceptors (Lipinski definition) is 1. The predicted molar refractivity (Wildman–Crippen MR) is 75.3 cm³/mol. The fourth-order valence-corrected chi connectivity index (χ4v) is 3.96. The number of hydrogen-bond donors (Lipinski definition) is 0. The van der Waals surface area contributed by atoms with Crippen LogP contribution >= 0.6 is 0 Å². The van der Waals surface area contributed by atoms with E-state index >= 15 is 0 Å². The maximum Gasteiger partial charge on any atom is 0.165 e. The first-order valence-electron chi connectivity index (χ1n) is 7.78. The molecule has 0 radical (unpaired) electrons. The summed E-state index contributed by atoms with van der Waals surface area (Å²) in [7, 11) is 0. The van der Waals surface area contributed by atoms with Crippen LogP contribution in [-0.2, 0) is 6.42 Å². The van der Waals surface area contributed by atoms with Crippen LogP contribution in [0.15, 0.2) is 12.3 Å². The fourth-order valence-electron chi connectivity index (χ4n) is 3.96. The van der Waals surface area contributed by atoms with Crippen LogP contribution in [0.3, 0.4) is 0 Å². The summed E-state index contributed by atoms with van der Waals surface area (Å²) in [6.45, 7) is 4.46. The molecule has 0 amide bonds. The molecule has 3 aliphatic carbocycles. The van der Waals surface area contributed by atoms with Crippen molar-refractivity contribution in [1.29, 1.82) is 0 Å². The molecule has 1 heterocycles. The summed E-state index contributed by atoms with van der Waals surface area (Å²) in [5.74, 6) is 2.14. The first kappa shape index (κ1) is 11.7. The van der Waals surface area contributed by atoms with Gasteiger partial charge < -0.3 is 4.57 Å². The van der Waals surface area contributed by atoms with Crippen molar-refractivity contribution >= 4 is 5.78 Å². The van der Waals surface area contributed by atoms with Crippen LogP contribution in [0.1, 0.15) is 68.0 Å².